The summed E-state index contributed by atoms with van der Waals surface area (Å²) in [7, 11) is -0.730. The van der Waals surface area contributed by atoms with Crippen LogP contribution in [0.15, 0.2) is 47.4 Å². The molecule has 126 valence electrons. The average Bonchev–Trinajstić information content (AvgIpc) is 2.60. The number of methoxy groups -OCH3 is 2. The van der Waals surface area contributed by atoms with Crippen LogP contribution in [-0.2, 0) is 10.0 Å². The lowest BCUT2D eigenvalue weighted by atomic mass is 10.1. The van der Waals surface area contributed by atoms with Crippen LogP contribution in [0, 0.1) is 11.3 Å². The summed E-state index contributed by atoms with van der Waals surface area (Å²) >= 11 is 0. The number of nitrogens with zero attached hydrogens (tertiary/aromatic N) is 1. The van der Waals surface area contributed by atoms with Gasteiger partial charge >= 0.3 is 0 Å². The molecule has 1 atom stereocenters. The highest BCUT2D eigenvalue weighted by Crippen LogP contribution is 2.30. The van der Waals surface area contributed by atoms with Crippen molar-refractivity contribution in [1.29, 1.82) is 5.26 Å². The third kappa shape index (κ3) is 3.85. The number of nitriles is 1. The Hall–Kier alpha value is -2.56. The monoisotopic (exact) mass is 346 g/mol. The van der Waals surface area contributed by atoms with Crippen LogP contribution < -0.4 is 14.2 Å². The highest BCUT2D eigenvalue weighted by atomic mass is 32.2. The second-order valence-electron chi connectivity index (χ2n) is 5.09. The maximum atomic E-state index is 12.5. The Morgan fingerprint density at radius 1 is 1.12 bits per heavy atom. The van der Waals surface area contributed by atoms with Gasteiger partial charge in [0.15, 0.2) is 0 Å². The van der Waals surface area contributed by atoms with Gasteiger partial charge in [0.2, 0.25) is 10.0 Å². The minimum atomic E-state index is -3.78. The summed E-state index contributed by atoms with van der Waals surface area (Å²) in [6.45, 7) is 1.71. The van der Waals surface area contributed by atoms with Crippen LogP contribution in [0.2, 0.25) is 0 Å². The first kappa shape index (κ1) is 17.8. The maximum Gasteiger partial charge on any atom is 0.241 e. The number of ether oxygens (including phenoxy) is 2. The van der Waals surface area contributed by atoms with E-state index in [-0.39, 0.29) is 10.5 Å². The fourth-order valence-corrected chi connectivity index (χ4v) is 3.54. The summed E-state index contributed by atoms with van der Waals surface area (Å²) in [5.41, 5.74) is 0.932. The molecule has 0 heterocycles. The Kier molecular flexibility index (Phi) is 5.44. The number of benzene rings is 2. The van der Waals surface area contributed by atoms with Gasteiger partial charge in [-0.25, -0.2) is 13.1 Å². The molecular formula is C17H18N2O4S. The molecule has 0 fully saturated rings. The van der Waals surface area contributed by atoms with Gasteiger partial charge in [0, 0.05) is 11.6 Å². The van der Waals surface area contributed by atoms with Crippen LogP contribution in [-0.4, -0.2) is 22.6 Å². The Morgan fingerprint density at radius 3 is 2.50 bits per heavy atom. The SMILES string of the molecule is COc1ccc(OC)c([C@@H](C)NS(=O)(=O)c2cccc(C#N)c2)c1. The van der Waals surface area contributed by atoms with E-state index in [2.05, 4.69) is 4.72 Å². The zero-order chi connectivity index (χ0) is 17.7. The van der Waals surface area contributed by atoms with Gasteiger partial charge in [-0.1, -0.05) is 6.07 Å². The van der Waals surface area contributed by atoms with Gasteiger partial charge in [0.25, 0.3) is 0 Å². The summed E-state index contributed by atoms with van der Waals surface area (Å²) < 4.78 is 38.2. The molecule has 0 radical (unpaired) electrons. The first-order valence-corrected chi connectivity index (χ1v) is 8.64. The van der Waals surface area contributed by atoms with Crippen molar-refractivity contribution in [2.24, 2.45) is 0 Å². The van der Waals surface area contributed by atoms with Crippen molar-refractivity contribution in [3.05, 3.63) is 53.6 Å². The van der Waals surface area contributed by atoms with Crippen molar-refractivity contribution in [2.45, 2.75) is 17.9 Å². The molecule has 2 aromatic rings. The van der Waals surface area contributed by atoms with Gasteiger partial charge in [-0.3, -0.25) is 0 Å². The van der Waals surface area contributed by atoms with E-state index in [9.17, 15) is 8.42 Å². The molecule has 0 amide bonds. The van der Waals surface area contributed by atoms with E-state index in [4.69, 9.17) is 14.7 Å². The molecule has 0 spiro atoms. The predicted octanol–water partition coefficient (Wildman–Crippen LogP) is 2.61. The second kappa shape index (κ2) is 7.34. The van der Waals surface area contributed by atoms with Crippen molar-refractivity contribution in [2.75, 3.05) is 14.2 Å². The Balaban J connectivity index is 2.34. The minimum Gasteiger partial charge on any atom is -0.497 e. The third-order valence-electron chi connectivity index (χ3n) is 3.51. The summed E-state index contributed by atoms with van der Waals surface area (Å²) in [4.78, 5) is 0.0373. The topological polar surface area (TPSA) is 88.4 Å². The molecular weight excluding hydrogens is 328 g/mol. The Labute approximate surface area is 141 Å². The first-order valence-electron chi connectivity index (χ1n) is 7.15. The Morgan fingerprint density at radius 2 is 1.88 bits per heavy atom. The van der Waals surface area contributed by atoms with Gasteiger partial charge in [0.1, 0.15) is 11.5 Å². The van der Waals surface area contributed by atoms with Gasteiger partial charge in [0.05, 0.1) is 30.7 Å². The van der Waals surface area contributed by atoms with Crippen LogP contribution in [0.5, 0.6) is 11.5 Å². The summed E-state index contributed by atoms with van der Waals surface area (Å²) in [6, 6.07) is 12.4. The molecule has 6 nitrogen and oxygen atoms in total. The quantitative estimate of drug-likeness (QED) is 0.868. The highest BCUT2D eigenvalue weighted by Gasteiger charge is 2.21. The van der Waals surface area contributed by atoms with Crippen LogP contribution in [0.1, 0.15) is 24.1 Å². The molecule has 0 unspecified atom stereocenters. The smallest absolute Gasteiger partial charge is 0.241 e. The van der Waals surface area contributed by atoms with Gasteiger partial charge in [-0.05, 0) is 43.3 Å². The van der Waals surface area contributed by atoms with Gasteiger partial charge in [-0.15, -0.1) is 0 Å². The highest BCUT2D eigenvalue weighted by molar-refractivity contribution is 7.89. The Bertz CT molecular complexity index is 872. The lowest BCUT2D eigenvalue weighted by molar-refractivity contribution is 0.395. The second-order valence-corrected chi connectivity index (χ2v) is 6.80. The van der Waals surface area contributed by atoms with E-state index in [1.807, 2.05) is 6.07 Å². The molecule has 0 aliphatic heterocycles. The van der Waals surface area contributed by atoms with Crippen LogP contribution in [0.4, 0.5) is 0 Å². The molecule has 7 heteroatoms. The normalized spacial score (nSPS) is 12.2. The molecule has 1 N–H and O–H groups in total. The zero-order valence-electron chi connectivity index (χ0n) is 13.6. The van der Waals surface area contributed by atoms with Crippen LogP contribution >= 0.6 is 0 Å². The summed E-state index contributed by atoms with van der Waals surface area (Å²) in [5.74, 6) is 1.15. The van der Waals surface area contributed by atoms with Gasteiger partial charge in [-0.2, -0.15) is 5.26 Å². The third-order valence-corrected chi connectivity index (χ3v) is 5.05. The average molecular weight is 346 g/mol. The van der Waals surface area contributed by atoms with E-state index < -0.39 is 16.1 Å². The maximum absolute atomic E-state index is 12.5. The molecule has 0 bridgehead atoms. The van der Waals surface area contributed by atoms with Crippen molar-refractivity contribution >= 4 is 10.0 Å². The molecule has 2 rings (SSSR count). The van der Waals surface area contributed by atoms with E-state index >= 15 is 0 Å². The van der Waals surface area contributed by atoms with Crippen molar-refractivity contribution in [3.8, 4) is 17.6 Å². The van der Waals surface area contributed by atoms with Gasteiger partial charge < -0.3 is 9.47 Å². The van der Waals surface area contributed by atoms with E-state index in [0.717, 1.165) is 0 Å². The lowest BCUT2D eigenvalue weighted by Gasteiger charge is -2.18. The fraction of sp³-hybridized carbons (Fsp3) is 0.235. The lowest BCUT2D eigenvalue weighted by Crippen LogP contribution is -2.27. The summed E-state index contributed by atoms with van der Waals surface area (Å²) in [6.07, 6.45) is 0. The fourth-order valence-electron chi connectivity index (χ4n) is 2.27. The molecule has 0 saturated carbocycles. The van der Waals surface area contributed by atoms with E-state index in [0.29, 0.717) is 17.1 Å². The zero-order valence-corrected chi connectivity index (χ0v) is 14.4. The number of hydrogen-bond acceptors (Lipinski definition) is 5. The van der Waals surface area contributed by atoms with Crippen molar-refractivity contribution in [1.82, 2.24) is 4.72 Å². The molecule has 0 saturated heterocycles. The molecule has 0 aliphatic carbocycles. The number of hydrogen-bond donors (Lipinski definition) is 1. The minimum absolute atomic E-state index is 0.0373. The number of sulfonamides is 1. The molecule has 24 heavy (non-hydrogen) atoms. The first-order chi connectivity index (χ1) is 11.4. The standard InChI is InChI=1S/C17H18N2O4S/c1-12(16-10-14(22-2)7-8-17(16)23-3)19-24(20,21)15-6-4-5-13(9-15)11-18/h4-10,12,19H,1-3H3/t12-/m1/s1. The largest absolute Gasteiger partial charge is 0.497 e. The van der Waals surface area contributed by atoms with Crippen molar-refractivity contribution in [3.63, 3.8) is 0 Å². The van der Waals surface area contributed by atoms with Crippen molar-refractivity contribution < 1.29 is 17.9 Å². The predicted molar refractivity (Wildman–Crippen MR) is 89.4 cm³/mol. The molecule has 2 aromatic carbocycles. The number of rotatable bonds is 6. The van der Waals surface area contributed by atoms with Crippen LogP contribution in [0.25, 0.3) is 0 Å². The molecule has 0 aromatic heterocycles. The summed E-state index contributed by atoms with van der Waals surface area (Å²) in [5, 5.41) is 8.92. The number of nitrogens with one attached hydrogen (secondary N) is 1. The van der Waals surface area contributed by atoms with Crippen LogP contribution in [0.3, 0.4) is 0 Å². The molecule has 0 aliphatic rings. The van der Waals surface area contributed by atoms with E-state index in [1.165, 1.54) is 32.4 Å². The van der Waals surface area contributed by atoms with E-state index in [1.54, 1.807) is 31.2 Å².